The number of nitrogen functional groups attached to an aromatic ring is 1. The third-order valence-electron chi connectivity index (χ3n) is 4.35. The summed E-state index contributed by atoms with van der Waals surface area (Å²) in [4.78, 5) is 11.0. The van der Waals surface area contributed by atoms with Crippen LogP contribution in [0.25, 0.3) is 0 Å². The first-order valence-corrected chi connectivity index (χ1v) is 6.40. The number of carboxylic acids is 1. The van der Waals surface area contributed by atoms with Crippen LogP contribution in [0.15, 0.2) is 36.4 Å². The first kappa shape index (κ1) is 11.3. The van der Waals surface area contributed by atoms with Crippen LogP contribution in [0, 0.1) is 17.8 Å². The molecule has 3 rings (SSSR count). The van der Waals surface area contributed by atoms with Crippen LogP contribution >= 0.6 is 0 Å². The molecule has 4 atom stereocenters. The van der Waals surface area contributed by atoms with Gasteiger partial charge in [-0.05, 0) is 47.8 Å². The van der Waals surface area contributed by atoms with Crippen LogP contribution < -0.4 is 5.73 Å². The van der Waals surface area contributed by atoms with E-state index in [1.807, 2.05) is 24.3 Å². The number of rotatable bonds is 3. The highest BCUT2D eigenvalue weighted by atomic mass is 16.4. The zero-order chi connectivity index (χ0) is 12.7. The highest BCUT2D eigenvalue weighted by Crippen LogP contribution is 2.54. The highest BCUT2D eigenvalue weighted by molar-refractivity contribution is 5.67. The van der Waals surface area contributed by atoms with Crippen LogP contribution in [0.1, 0.15) is 24.3 Å². The van der Waals surface area contributed by atoms with Gasteiger partial charge in [-0.25, -0.2) is 0 Å². The molecule has 1 aromatic carbocycles. The fourth-order valence-electron chi connectivity index (χ4n) is 3.62. The molecule has 3 nitrogen and oxygen atoms in total. The smallest absolute Gasteiger partial charge is 0.303 e. The number of anilines is 1. The van der Waals surface area contributed by atoms with Crippen LogP contribution in [0.3, 0.4) is 0 Å². The lowest BCUT2D eigenvalue weighted by molar-refractivity contribution is -0.138. The van der Waals surface area contributed by atoms with Gasteiger partial charge in [0.15, 0.2) is 0 Å². The Balaban J connectivity index is 1.91. The molecule has 0 saturated heterocycles. The number of nitrogens with two attached hydrogens (primary N) is 1. The molecule has 18 heavy (non-hydrogen) atoms. The zero-order valence-corrected chi connectivity index (χ0v) is 10.1. The van der Waals surface area contributed by atoms with Crippen LogP contribution in [-0.4, -0.2) is 11.1 Å². The minimum Gasteiger partial charge on any atom is -0.481 e. The van der Waals surface area contributed by atoms with Crippen molar-refractivity contribution >= 4 is 11.7 Å². The van der Waals surface area contributed by atoms with Crippen molar-refractivity contribution < 1.29 is 9.90 Å². The molecule has 0 aliphatic heterocycles. The number of hydrogen-bond donors (Lipinski definition) is 2. The van der Waals surface area contributed by atoms with Crippen LogP contribution in [0.2, 0.25) is 0 Å². The third kappa shape index (κ3) is 1.80. The van der Waals surface area contributed by atoms with E-state index in [0.717, 1.165) is 12.1 Å². The maximum atomic E-state index is 11.0. The first-order valence-electron chi connectivity index (χ1n) is 6.40. The molecule has 0 aromatic heterocycles. The molecule has 3 heteroatoms. The molecular weight excluding hydrogens is 226 g/mol. The quantitative estimate of drug-likeness (QED) is 0.633. The normalized spacial score (nSPS) is 32.9. The number of fused-ring (bicyclic) bond motifs is 2. The van der Waals surface area contributed by atoms with Crippen molar-refractivity contribution in [1.82, 2.24) is 0 Å². The Labute approximate surface area is 106 Å². The monoisotopic (exact) mass is 243 g/mol. The Morgan fingerprint density at radius 2 is 1.89 bits per heavy atom. The number of allylic oxidation sites excluding steroid dienone is 2. The standard InChI is InChI=1S/C15H17NO2/c16-12-5-3-9(4-6-12)15-11-2-1-10(7-11)13(15)8-14(17)18/h1-6,10-11,13,15H,7-8,16H2,(H,17,18). The summed E-state index contributed by atoms with van der Waals surface area (Å²) in [6.45, 7) is 0. The maximum Gasteiger partial charge on any atom is 0.303 e. The van der Waals surface area contributed by atoms with Crippen molar-refractivity contribution in [3.63, 3.8) is 0 Å². The minimum atomic E-state index is -0.693. The van der Waals surface area contributed by atoms with E-state index in [4.69, 9.17) is 10.8 Å². The Kier molecular flexibility index (Phi) is 2.62. The molecule has 1 saturated carbocycles. The number of hydrogen-bond acceptors (Lipinski definition) is 2. The van der Waals surface area contributed by atoms with Gasteiger partial charge in [-0.3, -0.25) is 4.79 Å². The fourth-order valence-corrected chi connectivity index (χ4v) is 3.62. The maximum absolute atomic E-state index is 11.0. The molecular formula is C15H17NO2. The van der Waals surface area contributed by atoms with Gasteiger partial charge < -0.3 is 10.8 Å². The summed E-state index contributed by atoms with van der Waals surface area (Å²) in [5.41, 5.74) is 7.69. The van der Waals surface area contributed by atoms with E-state index >= 15 is 0 Å². The second-order valence-corrected chi connectivity index (χ2v) is 5.40. The van der Waals surface area contributed by atoms with Crippen molar-refractivity contribution in [1.29, 1.82) is 0 Å². The van der Waals surface area contributed by atoms with Crippen molar-refractivity contribution in [2.24, 2.45) is 17.8 Å². The van der Waals surface area contributed by atoms with Gasteiger partial charge in [0.25, 0.3) is 0 Å². The number of carbonyl (C=O) groups is 1. The van der Waals surface area contributed by atoms with Gasteiger partial charge >= 0.3 is 5.97 Å². The predicted octanol–water partition coefficient (Wildman–Crippen LogP) is 2.65. The number of benzene rings is 1. The molecule has 94 valence electrons. The van der Waals surface area contributed by atoms with Gasteiger partial charge in [0.2, 0.25) is 0 Å². The summed E-state index contributed by atoms with van der Waals surface area (Å²) < 4.78 is 0. The van der Waals surface area contributed by atoms with Crippen LogP contribution in [-0.2, 0) is 4.79 Å². The van der Waals surface area contributed by atoms with Gasteiger partial charge in [0.05, 0.1) is 0 Å². The Hall–Kier alpha value is -1.77. The number of carboxylic acid groups (broad SMARTS) is 1. The van der Waals surface area contributed by atoms with Crippen molar-refractivity contribution in [3.05, 3.63) is 42.0 Å². The summed E-state index contributed by atoms with van der Waals surface area (Å²) >= 11 is 0. The Morgan fingerprint density at radius 3 is 2.56 bits per heavy atom. The van der Waals surface area contributed by atoms with E-state index < -0.39 is 5.97 Å². The summed E-state index contributed by atoms with van der Waals surface area (Å²) in [6, 6.07) is 7.90. The van der Waals surface area contributed by atoms with E-state index in [0.29, 0.717) is 17.8 Å². The van der Waals surface area contributed by atoms with Crippen LogP contribution in [0.5, 0.6) is 0 Å². The summed E-state index contributed by atoms with van der Waals surface area (Å²) in [5, 5.41) is 9.07. The molecule has 0 heterocycles. The average molecular weight is 243 g/mol. The minimum absolute atomic E-state index is 0.237. The average Bonchev–Trinajstić information content (AvgIpc) is 2.90. The van der Waals surface area contributed by atoms with Crippen molar-refractivity contribution in [2.45, 2.75) is 18.8 Å². The van der Waals surface area contributed by atoms with Gasteiger partial charge in [0.1, 0.15) is 0 Å². The molecule has 1 fully saturated rings. The molecule has 1 aromatic rings. The second kappa shape index (κ2) is 4.16. The lowest BCUT2D eigenvalue weighted by Crippen LogP contribution is -2.21. The van der Waals surface area contributed by atoms with E-state index in [9.17, 15) is 4.79 Å². The first-order chi connectivity index (χ1) is 8.65. The fraction of sp³-hybridized carbons (Fsp3) is 0.400. The molecule has 2 aliphatic rings. The molecule has 0 radical (unpaired) electrons. The largest absolute Gasteiger partial charge is 0.481 e. The van der Waals surface area contributed by atoms with Gasteiger partial charge in [-0.15, -0.1) is 0 Å². The summed E-state index contributed by atoms with van der Waals surface area (Å²) in [5.74, 6) is 0.829. The van der Waals surface area contributed by atoms with E-state index in [2.05, 4.69) is 12.2 Å². The SMILES string of the molecule is Nc1ccc(C2C3C=CC(C3)C2CC(=O)O)cc1. The molecule has 3 N–H and O–H groups in total. The molecule has 2 bridgehead atoms. The summed E-state index contributed by atoms with van der Waals surface area (Å²) in [7, 11) is 0. The lowest BCUT2D eigenvalue weighted by Gasteiger charge is -2.27. The topological polar surface area (TPSA) is 63.3 Å². The Morgan fingerprint density at radius 1 is 1.22 bits per heavy atom. The van der Waals surface area contributed by atoms with Crippen LogP contribution in [0.4, 0.5) is 5.69 Å². The second-order valence-electron chi connectivity index (χ2n) is 5.40. The van der Waals surface area contributed by atoms with Gasteiger partial charge in [-0.1, -0.05) is 24.3 Å². The number of aliphatic carboxylic acids is 1. The lowest BCUT2D eigenvalue weighted by atomic mass is 9.77. The van der Waals surface area contributed by atoms with E-state index in [-0.39, 0.29) is 12.3 Å². The Bertz CT molecular complexity index is 492. The van der Waals surface area contributed by atoms with Gasteiger partial charge in [0, 0.05) is 12.1 Å². The van der Waals surface area contributed by atoms with Gasteiger partial charge in [-0.2, -0.15) is 0 Å². The zero-order valence-electron chi connectivity index (χ0n) is 10.1. The molecule has 0 amide bonds. The van der Waals surface area contributed by atoms with Crippen molar-refractivity contribution in [2.75, 3.05) is 5.73 Å². The highest BCUT2D eigenvalue weighted by Gasteiger charge is 2.45. The third-order valence-corrected chi connectivity index (χ3v) is 4.35. The molecule has 0 spiro atoms. The van der Waals surface area contributed by atoms with E-state index in [1.54, 1.807) is 0 Å². The van der Waals surface area contributed by atoms with Crippen molar-refractivity contribution in [3.8, 4) is 0 Å². The predicted molar refractivity (Wildman–Crippen MR) is 70.1 cm³/mol. The molecule has 2 aliphatic carbocycles. The van der Waals surface area contributed by atoms with E-state index in [1.165, 1.54) is 5.56 Å². The summed E-state index contributed by atoms with van der Waals surface area (Å²) in [6.07, 6.45) is 5.82. The molecule has 4 unspecified atom stereocenters.